The van der Waals surface area contributed by atoms with Crippen LogP contribution in [0.3, 0.4) is 0 Å². The number of carbonyl (C=O) groups excluding carboxylic acids is 1. The van der Waals surface area contributed by atoms with Crippen LogP contribution >= 0.6 is 0 Å². The maximum Gasteiger partial charge on any atom is 0.416 e. The quantitative estimate of drug-likeness (QED) is 0.107. The molecule has 54 heavy (non-hydrogen) atoms. The fraction of sp³-hybridized carbons (Fsp3) is 0.341. The maximum atomic E-state index is 14.2. The summed E-state index contributed by atoms with van der Waals surface area (Å²) in [7, 11) is 0. The van der Waals surface area contributed by atoms with E-state index >= 15 is 0 Å². The molecule has 8 nitrogen and oxygen atoms in total. The zero-order valence-electron chi connectivity index (χ0n) is 29.6. The third-order valence-corrected chi connectivity index (χ3v) is 9.68. The van der Waals surface area contributed by atoms with Crippen LogP contribution in [0.15, 0.2) is 108 Å². The van der Waals surface area contributed by atoms with Crippen molar-refractivity contribution in [3.8, 4) is 22.9 Å². The number of nitrogens with one attached hydrogen (secondary N) is 1. The summed E-state index contributed by atoms with van der Waals surface area (Å²) < 4.78 is 83.7. The van der Waals surface area contributed by atoms with Crippen molar-refractivity contribution in [1.29, 1.82) is 0 Å². The average molecular weight is 749 g/mol. The Kier molecular flexibility index (Phi) is 12.6. The van der Waals surface area contributed by atoms with Crippen molar-refractivity contribution >= 4 is 5.91 Å². The van der Waals surface area contributed by atoms with E-state index in [-0.39, 0.29) is 41.8 Å². The van der Waals surface area contributed by atoms with Crippen LogP contribution < -0.4 is 14.8 Å². The number of alkyl halides is 5. The van der Waals surface area contributed by atoms with E-state index in [2.05, 4.69) is 22.4 Å². The van der Waals surface area contributed by atoms with Gasteiger partial charge in [-0.1, -0.05) is 78.8 Å². The Labute approximate surface area is 310 Å². The normalized spacial score (nSPS) is 17.4. The summed E-state index contributed by atoms with van der Waals surface area (Å²) in [6, 6.07) is 26.2. The number of piperidine rings is 1. The van der Waals surface area contributed by atoms with Gasteiger partial charge in [0.2, 0.25) is 11.7 Å². The molecule has 284 valence electrons. The molecule has 1 aliphatic heterocycles. The molecule has 6 rings (SSSR count). The van der Waals surface area contributed by atoms with Crippen LogP contribution in [-0.4, -0.2) is 47.2 Å². The highest BCUT2D eigenvalue weighted by atomic mass is 19.4. The molecule has 0 aliphatic carbocycles. The molecule has 1 unspecified atom stereocenters. The van der Waals surface area contributed by atoms with Gasteiger partial charge in [-0.15, -0.1) is 0 Å². The lowest BCUT2D eigenvalue weighted by molar-refractivity contribution is -0.137. The van der Waals surface area contributed by atoms with Crippen LogP contribution in [-0.2, 0) is 24.3 Å². The Bertz CT molecular complexity index is 1920. The van der Waals surface area contributed by atoms with Crippen LogP contribution in [0.4, 0.5) is 22.0 Å². The molecule has 1 fully saturated rings. The van der Waals surface area contributed by atoms with Crippen LogP contribution in [0, 0.1) is 11.8 Å². The van der Waals surface area contributed by atoms with Crippen molar-refractivity contribution in [3.63, 3.8) is 0 Å². The summed E-state index contributed by atoms with van der Waals surface area (Å²) in [5.74, 6) is 1.15. The van der Waals surface area contributed by atoms with Crippen molar-refractivity contribution in [2.75, 3.05) is 26.2 Å². The number of hydrogen-bond acceptors (Lipinski definition) is 7. The van der Waals surface area contributed by atoms with Gasteiger partial charge in [0.1, 0.15) is 31.0 Å². The molecule has 2 heterocycles. The third-order valence-electron chi connectivity index (χ3n) is 9.68. The zero-order chi connectivity index (χ0) is 38.1. The Morgan fingerprint density at radius 3 is 2.20 bits per heavy atom. The van der Waals surface area contributed by atoms with Crippen molar-refractivity contribution in [3.05, 3.63) is 131 Å². The standard InChI is InChI=1S/C41H41F5N4O4/c1-27-20-22-50(25-32(27)26-52-34-15-9-29(24-43)10-16-34)37(40-48-38(49-54-40)31-11-7-28(23-42)8-12-31)39(51)47-21-19-36(30-5-3-2-4-6-30)53-35-17-13-33(14-18-35)41(44,45)46/h2-18,27,32,36-37H,19-26H2,1H3,(H,47,51)/t27-,32-,36-,37?/m1/s1. The molecule has 1 amide bonds. The molecule has 1 N–H and O–H groups in total. The fourth-order valence-electron chi connectivity index (χ4n) is 6.42. The highest BCUT2D eigenvalue weighted by Crippen LogP contribution is 2.34. The minimum absolute atomic E-state index is 0.0325. The SMILES string of the molecule is C[C@@H]1CCN(C(C(=O)NCC[C@@H](Oc2ccc(C(F)(F)F)cc2)c2ccccc2)c2nc(-c3ccc(CF)cc3)no2)C[C@@H]1COc1ccc(CF)cc1. The number of ether oxygens (including phenoxy) is 2. The lowest BCUT2D eigenvalue weighted by Crippen LogP contribution is -2.48. The minimum atomic E-state index is -4.47. The van der Waals surface area contributed by atoms with Crippen molar-refractivity contribution < 1.29 is 40.7 Å². The summed E-state index contributed by atoms with van der Waals surface area (Å²) in [6.45, 7) is 2.55. The minimum Gasteiger partial charge on any atom is -0.493 e. The highest BCUT2D eigenvalue weighted by Gasteiger charge is 2.38. The molecule has 4 atom stereocenters. The fourth-order valence-corrected chi connectivity index (χ4v) is 6.42. The van der Waals surface area contributed by atoms with Gasteiger partial charge in [0.15, 0.2) is 6.04 Å². The second-order valence-corrected chi connectivity index (χ2v) is 13.4. The highest BCUT2D eigenvalue weighted by molar-refractivity contribution is 5.82. The lowest BCUT2D eigenvalue weighted by Gasteiger charge is -2.39. The van der Waals surface area contributed by atoms with E-state index in [1.165, 1.54) is 12.1 Å². The van der Waals surface area contributed by atoms with Gasteiger partial charge in [-0.2, -0.15) is 18.2 Å². The molecule has 4 aromatic carbocycles. The van der Waals surface area contributed by atoms with Crippen LogP contribution in [0.5, 0.6) is 11.5 Å². The molecule has 0 radical (unpaired) electrons. The molecular formula is C41H41F5N4O4. The average Bonchev–Trinajstić information content (AvgIpc) is 3.68. The summed E-state index contributed by atoms with van der Waals surface area (Å²) >= 11 is 0. The Balaban J connectivity index is 1.19. The molecular weight excluding hydrogens is 707 g/mol. The third kappa shape index (κ3) is 9.81. The number of amides is 1. The predicted molar refractivity (Wildman–Crippen MR) is 192 cm³/mol. The van der Waals surface area contributed by atoms with E-state index in [0.29, 0.717) is 48.6 Å². The molecule has 5 aromatic rings. The number of nitrogens with zero attached hydrogens (tertiary/aromatic N) is 3. The van der Waals surface area contributed by atoms with Gasteiger partial charge in [0.05, 0.1) is 12.2 Å². The first kappa shape index (κ1) is 38.4. The van der Waals surface area contributed by atoms with Gasteiger partial charge in [-0.25, -0.2) is 8.78 Å². The Hall–Kier alpha value is -5.30. The molecule has 0 saturated carbocycles. The lowest BCUT2D eigenvalue weighted by atomic mass is 9.86. The predicted octanol–water partition coefficient (Wildman–Crippen LogP) is 9.10. The first-order valence-electron chi connectivity index (χ1n) is 17.8. The number of likely N-dealkylation sites (tertiary alicyclic amines) is 1. The number of aromatic nitrogens is 2. The van der Waals surface area contributed by atoms with Crippen LogP contribution in [0.25, 0.3) is 11.4 Å². The molecule has 0 spiro atoms. The van der Waals surface area contributed by atoms with E-state index < -0.39 is 37.2 Å². The summed E-state index contributed by atoms with van der Waals surface area (Å²) in [6.07, 6.45) is -3.99. The smallest absolute Gasteiger partial charge is 0.416 e. The molecule has 1 saturated heterocycles. The number of hydrogen-bond donors (Lipinski definition) is 1. The van der Waals surface area contributed by atoms with E-state index in [0.717, 1.165) is 24.1 Å². The monoisotopic (exact) mass is 748 g/mol. The molecule has 0 bridgehead atoms. The van der Waals surface area contributed by atoms with E-state index in [1.807, 2.05) is 35.2 Å². The molecule has 13 heteroatoms. The van der Waals surface area contributed by atoms with E-state index in [1.54, 1.807) is 48.5 Å². The molecule has 1 aliphatic rings. The molecule has 1 aromatic heterocycles. The zero-order valence-corrected chi connectivity index (χ0v) is 29.6. The topological polar surface area (TPSA) is 89.7 Å². The largest absolute Gasteiger partial charge is 0.493 e. The van der Waals surface area contributed by atoms with Gasteiger partial charge in [0, 0.05) is 31.0 Å². The maximum absolute atomic E-state index is 14.2. The summed E-state index contributed by atoms with van der Waals surface area (Å²) in [5.41, 5.74) is 1.68. The Morgan fingerprint density at radius 1 is 0.907 bits per heavy atom. The summed E-state index contributed by atoms with van der Waals surface area (Å²) in [4.78, 5) is 20.8. The first-order chi connectivity index (χ1) is 26.1. The second-order valence-electron chi connectivity index (χ2n) is 13.4. The van der Waals surface area contributed by atoms with Crippen molar-refractivity contribution in [1.82, 2.24) is 20.4 Å². The first-order valence-corrected chi connectivity index (χ1v) is 17.8. The van der Waals surface area contributed by atoms with Crippen LogP contribution in [0.2, 0.25) is 0 Å². The van der Waals surface area contributed by atoms with Gasteiger partial charge in [0.25, 0.3) is 5.89 Å². The second kappa shape index (κ2) is 17.7. The number of carbonyl (C=O) groups is 1. The van der Waals surface area contributed by atoms with E-state index in [9.17, 15) is 26.7 Å². The van der Waals surface area contributed by atoms with Crippen molar-refractivity contribution in [2.24, 2.45) is 11.8 Å². The van der Waals surface area contributed by atoms with Gasteiger partial charge < -0.3 is 19.3 Å². The van der Waals surface area contributed by atoms with Gasteiger partial charge in [-0.3, -0.25) is 9.69 Å². The number of rotatable bonds is 15. The van der Waals surface area contributed by atoms with Crippen molar-refractivity contribution in [2.45, 2.75) is 51.4 Å². The number of halogens is 5. The van der Waals surface area contributed by atoms with Gasteiger partial charge in [-0.05, 0) is 72.0 Å². The van der Waals surface area contributed by atoms with Gasteiger partial charge >= 0.3 is 6.18 Å². The van der Waals surface area contributed by atoms with Crippen LogP contribution in [0.1, 0.15) is 60.1 Å². The number of benzene rings is 4. The summed E-state index contributed by atoms with van der Waals surface area (Å²) in [5, 5.41) is 7.16. The van der Waals surface area contributed by atoms with E-state index in [4.69, 9.17) is 14.0 Å². The Morgan fingerprint density at radius 2 is 1.56 bits per heavy atom.